The second-order valence-electron chi connectivity index (χ2n) is 5.53. The maximum atomic E-state index is 11.9. The number of nitrogens with one attached hydrogen (secondary N) is 1. The van der Waals surface area contributed by atoms with Gasteiger partial charge in [-0.1, -0.05) is 13.3 Å². The number of nitrogens with zero attached hydrogens (tertiary/aromatic N) is 1. The number of carbonyl (C=O) groups excluding carboxylic acids is 1. The van der Waals surface area contributed by atoms with Gasteiger partial charge in [-0.2, -0.15) is 0 Å². The van der Waals surface area contributed by atoms with Gasteiger partial charge in [-0.15, -0.1) is 0 Å². The fourth-order valence-electron chi connectivity index (χ4n) is 2.57. The van der Waals surface area contributed by atoms with Crippen LogP contribution >= 0.6 is 0 Å². The predicted octanol–water partition coefficient (Wildman–Crippen LogP) is 1.34. The molecule has 1 aliphatic rings. The summed E-state index contributed by atoms with van der Waals surface area (Å²) in [7, 11) is 2.03. The molecule has 5 nitrogen and oxygen atoms in total. The lowest BCUT2D eigenvalue weighted by Gasteiger charge is -2.15. The summed E-state index contributed by atoms with van der Waals surface area (Å²) < 4.78 is 0. The van der Waals surface area contributed by atoms with Gasteiger partial charge in [-0.05, 0) is 38.8 Å². The fraction of sp³-hybridized carbons (Fsp3) is 0.857. The maximum Gasteiger partial charge on any atom is 0.303 e. The van der Waals surface area contributed by atoms with Crippen LogP contribution in [0.2, 0.25) is 0 Å². The van der Waals surface area contributed by atoms with Gasteiger partial charge in [0.25, 0.3) is 0 Å². The number of carboxylic acid groups (broad SMARTS) is 1. The van der Waals surface area contributed by atoms with E-state index in [1.807, 2.05) is 7.05 Å². The smallest absolute Gasteiger partial charge is 0.303 e. The van der Waals surface area contributed by atoms with Gasteiger partial charge in [0.2, 0.25) is 5.91 Å². The molecule has 1 aliphatic heterocycles. The van der Waals surface area contributed by atoms with Crippen molar-refractivity contribution in [1.29, 1.82) is 0 Å². The van der Waals surface area contributed by atoms with Crippen molar-refractivity contribution in [3.8, 4) is 0 Å². The molecule has 1 rings (SSSR count). The van der Waals surface area contributed by atoms with Crippen molar-refractivity contribution in [2.24, 2.45) is 11.8 Å². The summed E-state index contributed by atoms with van der Waals surface area (Å²) in [5.41, 5.74) is 0. The number of carbonyl (C=O) groups is 2. The molecule has 2 N–H and O–H groups in total. The molecule has 110 valence electrons. The van der Waals surface area contributed by atoms with Crippen LogP contribution in [0.15, 0.2) is 0 Å². The quantitative estimate of drug-likeness (QED) is 0.698. The van der Waals surface area contributed by atoms with E-state index in [1.54, 1.807) is 0 Å². The number of carboxylic acids is 1. The van der Waals surface area contributed by atoms with Crippen molar-refractivity contribution in [2.45, 2.75) is 39.0 Å². The Labute approximate surface area is 115 Å². The van der Waals surface area contributed by atoms with Gasteiger partial charge < -0.3 is 15.3 Å². The predicted molar refractivity (Wildman–Crippen MR) is 73.9 cm³/mol. The number of hydrogen-bond acceptors (Lipinski definition) is 3. The minimum absolute atomic E-state index is 0.129. The molecule has 19 heavy (non-hydrogen) atoms. The lowest BCUT2D eigenvalue weighted by Crippen LogP contribution is -2.33. The van der Waals surface area contributed by atoms with E-state index in [0.717, 1.165) is 32.4 Å². The summed E-state index contributed by atoms with van der Waals surface area (Å²) >= 11 is 0. The molecule has 0 bridgehead atoms. The number of rotatable bonds is 8. The molecule has 2 unspecified atom stereocenters. The van der Waals surface area contributed by atoms with Gasteiger partial charge in [0.15, 0.2) is 0 Å². The van der Waals surface area contributed by atoms with Crippen LogP contribution < -0.4 is 5.32 Å². The molecular weight excluding hydrogens is 244 g/mol. The van der Waals surface area contributed by atoms with E-state index in [4.69, 9.17) is 5.11 Å². The molecule has 0 spiro atoms. The van der Waals surface area contributed by atoms with Crippen LogP contribution in [-0.2, 0) is 9.59 Å². The topological polar surface area (TPSA) is 69.6 Å². The first-order valence-corrected chi connectivity index (χ1v) is 7.21. The minimum Gasteiger partial charge on any atom is -0.481 e. The van der Waals surface area contributed by atoms with Gasteiger partial charge in [-0.25, -0.2) is 0 Å². The second-order valence-corrected chi connectivity index (χ2v) is 5.53. The van der Waals surface area contributed by atoms with Crippen molar-refractivity contribution in [3.05, 3.63) is 0 Å². The zero-order valence-electron chi connectivity index (χ0n) is 12.0. The Bertz CT molecular complexity index is 307. The number of amides is 1. The van der Waals surface area contributed by atoms with Crippen LogP contribution in [0.5, 0.6) is 0 Å². The Morgan fingerprint density at radius 3 is 2.68 bits per heavy atom. The third kappa shape index (κ3) is 6.05. The van der Waals surface area contributed by atoms with Crippen LogP contribution in [0, 0.1) is 11.8 Å². The average Bonchev–Trinajstić information content (AvgIpc) is 2.79. The molecule has 0 aromatic carbocycles. The third-order valence-electron chi connectivity index (χ3n) is 3.96. The van der Waals surface area contributed by atoms with Crippen LogP contribution in [0.4, 0.5) is 0 Å². The van der Waals surface area contributed by atoms with E-state index in [-0.39, 0.29) is 18.2 Å². The molecule has 1 amide bonds. The van der Waals surface area contributed by atoms with Gasteiger partial charge in [0, 0.05) is 19.5 Å². The van der Waals surface area contributed by atoms with Crippen LogP contribution in [0.3, 0.4) is 0 Å². The maximum absolute atomic E-state index is 11.9. The fourth-order valence-corrected chi connectivity index (χ4v) is 2.57. The zero-order valence-corrected chi connectivity index (χ0v) is 12.0. The van der Waals surface area contributed by atoms with E-state index in [9.17, 15) is 9.59 Å². The van der Waals surface area contributed by atoms with Crippen molar-refractivity contribution in [3.63, 3.8) is 0 Å². The highest BCUT2D eigenvalue weighted by molar-refractivity contribution is 5.79. The lowest BCUT2D eigenvalue weighted by molar-refractivity contribution is -0.137. The summed E-state index contributed by atoms with van der Waals surface area (Å²) in [5.74, 6) is -0.0688. The van der Waals surface area contributed by atoms with Crippen LogP contribution in [0.1, 0.15) is 39.0 Å². The van der Waals surface area contributed by atoms with E-state index in [1.165, 1.54) is 0 Å². The molecule has 0 saturated carbocycles. The Balaban J connectivity index is 2.17. The second kappa shape index (κ2) is 8.15. The van der Waals surface area contributed by atoms with E-state index >= 15 is 0 Å². The monoisotopic (exact) mass is 270 g/mol. The Morgan fingerprint density at radius 1 is 1.42 bits per heavy atom. The molecule has 0 aromatic rings. The molecule has 0 aromatic heterocycles. The lowest BCUT2D eigenvalue weighted by atomic mass is 9.96. The average molecular weight is 270 g/mol. The summed E-state index contributed by atoms with van der Waals surface area (Å²) in [6.45, 7) is 4.58. The highest BCUT2D eigenvalue weighted by Crippen LogP contribution is 2.16. The minimum atomic E-state index is -0.739. The Hall–Kier alpha value is -1.10. The summed E-state index contributed by atoms with van der Waals surface area (Å²) in [6, 6.07) is 0. The first kappa shape index (κ1) is 16.0. The molecule has 2 atom stereocenters. The molecule has 0 aliphatic carbocycles. The number of likely N-dealkylation sites (tertiary alicyclic amines) is 1. The van der Waals surface area contributed by atoms with Crippen molar-refractivity contribution in [2.75, 3.05) is 26.7 Å². The highest BCUT2D eigenvalue weighted by Gasteiger charge is 2.25. The number of aliphatic carboxylic acids is 1. The van der Waals surface area contributed by atoms with Gasteiger partial charge >= 0.3 is 5.97 Å². The van der Waals surface area contributed by atoms with E-state index in [0.29, 0.717) is 18.9 Å². The molecule has 1 heterocycles. The van der Waals surface area contributed by atoms with Crippen molar-refractivity contribution >= 4 is 11.9 Å². The van der Waals surface area contributed by atoms with Crippen LogP contribution in [-0.4, -0.2) is 48.6 Å². The van der Waals surface area contributed by atoms with E-state index in [2.05, 4.69) is 17.1 Å². The zero-order chi connectivity index (χ0) is 14.3. The van der Waals surface area contributed by atoms with Crippen molar-refractivity contribution in [1.82, 2.24) is 10.2 Å². The van der Waals surface area contributed by atoms with Gasteiger partial charge in [0.05, 0.1) is 5.92 Å². The Morgan fingerprint density at radius 2 is 2.16 bits per heavy atom. The summed E-state index contributed by atoms with van der Waals surface area (Å²) in [5, 5.41) is 11.7. The third-order valence-corrected chi connectivity index (χ3v) is 3.96. The first-order valence-electron chi connectivity index (χ1n) is 7.21. The molecule has 1 fully saturated rings. The molecule has 0 radical (unpaired) electrons. The van der Waals surface area contributed by atoms with E-state index < -0.39 is 5.97 Å². The van der Waals surface area contributed by atoms with Gasteiger partial charge in [0.1, 0.15) is 0 Å². The Kier molecular flexibility index (Phi) is 6.84. The molecule has 5 heteroatoms. The largest absolute Gasteiger partial charge is 0.481 e. The van der Waals surface area contributed by atoms with Crippen molar-refractivity contribution < 1.29 is 14.7 Å². The first-order chi connectivity index (χ1) is 9.02. The molecular formula is C14H26N2O3. The van der Waals surface area contributed by atoms with Crippen LogP contribution in [0.25, 0.3) is 0 Å². The number of hydrogen-bond donors (Lipinski definition) is 2. The SMILES string of the molecule is CCC(CCNC(=O)C1CCN(C)C1)CCC(=O)O. The molecule has 1 saturated heterocycles. The normalized spacial score (nSPS) is 21.3. The summed E-state index contributed by atoms with van der Waals surface area (Å²) in [6.07, 6.45) is 3.71. The highest BCUT2D eigenvalue weighted by atomic mass is 16.4. The summed E-state index contributed by atoms with van der Waals surface area (Å²) in [4.78, 5) is 24.6. The van der Waals surface area contributed by atoms with Gasteiger partial charge in [-0.3, -0.25) is 9.59 Å². The standard InChI is InChI=1S/C14H26N2O3/c1-3-11(4-5-13(17)18)6-8-15-14(19)12-7-9-16(2)10-12/h11-12H,3-10H2,1-2H3,(H,15,19)(H,17,18).